The van der Waals surface area contributed by atoms with Gasteiger partial charge in [-0.2, -0.15) is 0 Å². The molecule has 0 saturated carbocycles. The van der Waals surface area contributed by atoms with Gasteiger partial charge in [-0.05, 0) is 20.3 Å². The van der Waals surface area contributed by atoms with E-state index in [1.54, 1.807) is 17.8 Å². The van der Waals surface area contributed by atoms with Crippen LogP contribution in [0, 0.1) is 5.92 Å². The average molecular weight is 281 g/mol. The topological polar surface area (TPSA) is 3.24 Å². The molecular formula is C12H21F2NS2. The summed E-state index contributed by atoms with van der Waals surface area (Å²) in [5.41, 5.74) is 0. The molecule has 0 aromatic rings. The monoisotopic (exact) mass is 281 g/mol. The normalized spacial score (nSPS) is 13.3. The number of hydrogen-bond donors (Lipinski definition) is 0. The van der Waals surface area contributed by atoms with Crippen LogP contribution in [-0.2, 0) is 0 Å². The van der Waals surface area contributed by atoms with E-state index in [0.29, 0.717) is 0 Å². The van der Waals surface area contributed by atoms with Crippen LogP contribution in [0.25, 0.3) is 0 Å². The van der Waals surface area contributed by atoms with Crippen molar-refractivity contribution in [3.05, 3.63) is 12.2 Å². The van der Waals surface area contributed by atoms with Crippen molar-refractivity contribution >= 4 is 28.3 Å². The van der Waals surface area contributed by atoms with E-state index in [-0.39, 0.29) is 0 Å². The first-order chi connectivity index (χ1) is 8.02. The number of halogens is 2. The highest BCUT2D eigenvalue weighted by molar-refractivity contribution is 8.22. The summed E-state index contributed by atoms with van der Waals surface area (Å²) in [6.45, 7) is 7.50. The minimum absolute atomic E-state index is 0.658. The van der Waals surface area contributed by atoms with Crippen molar-refractivity contribution in [3.8, 4) is 0 Å². The summed E-state index contributed by atoms with van der Waals surface area (Å²) < 4.78 is 25.3. The SMILES string of the molecule is CCN(CC)C(=S)SCCC=CC(C)C(F)F. The Morgan fingerprint density at radius 3 is 2.41 bits per heavy atom. The quantitative estimate of drug-likeness (QED) is 0.391. The second-order valence-corrected chi connectivity index (χ2v) is 5.43. The van der Waals surface area contributed by atoms with Crippen molar-refractivity contribution in [1.82, 2.24) is 4.90 Å². The predicted molar refractivity (Wildman–Crippen MR) is 76.9 cm³/mol. The lowest BCUT2D eigenvalue weighted by molar-refractivity contribution is 0.108. The van der Waals surface area contributed by atoms with Gasteiger partial charge in [-0.1, -0.05) is 43.1 Å². The van der Waals surface area contributed by atoms with Gasteiger partial charge in [0.1, 0.15) is 4.32 Å². The van der Waals surface area contributed by atoms with E-state index in [1.807, 2.05) is 6.08 Å². The Labute approximate surface area is 113 Å². The van der Waals surface area contributed by atoms with Gasteiger partial charge >= 0.3 is 0 Å². The highest BCUT2D eigenvalue weighted by Crippen LogP contribution is 2.13. The third kappa shape index (κ3) is 7.71. The molecule has 0 saturated heterocycles. The standard InChI is InChI=1S/C12H21F2NS2/c1-4-15(5-2)12(16)17-9-7-6-8-10(3)11(13)14/h6,8,10-11H,4-5,7,9H2,1-3H3. The molecule has 0 bridgehead atoms. The van der Waals surface area contributed by atoms with E-state index in [2.05, 4.69) is 18.7 Å². The predicted octanol–water partition coefficient (Wildman–Crippen LogP) is 4.19. The van der Waals surface area contributed by atoms with Crippen LogP contribution in [0.15, 0.2) is 12.2 Å². The van der Waals surface area contributed by atoms with Gasteiger partial charge in [0.2, 0.25) is 6.43 Å². The van der Waals surface area contributed by atoms with Crippen LogP contribution >= 0.6 is 24.0 Å². The van der Waals surface area contributed by atoms with Crippen LogP contribution in [0.5, 0.6) is 0 Å². The third-order valence-corrected chi connectivity index (χ3v) is 3.93. The molecule has 5 heteroatoms. The van der Waals surface area contributed by atoms with Gasteiger partial charge in [0, 0.05) is 24.8 Å². The summed E-state index contributed by atoms with van der Waals surface area (Å²) in [4.78, 5) is 2.12. The summed E-state index contributed by atoms with van der Waals surface area (Å²) in [5, 5.41) is 0. The summed E-state index contributed by atoms with van der Waals surface area (Å²) >= 11 is 6.87. The minimum atomic E-state index is -2.27. The first-order valence-corrected chi connectivity index (χ1v) is 7.28. The van der Waals surface area contributed by atoms with Crippen LogP contribution in [0.4, 0.5) is 8.78 Å². The molecule has 17 heavy (non-hydrogen) atoms. The van der Waals surface area contributed by atoms with E-state index in [4.69, 9.17) is 12.2 Å². The molecule has 0 fully saturated rings. The molecule has 1 unspecified atom stereocenters. The van der Waals surface area contributed by atoms with Gasteiger partial charge in [-0.15, -0.1) is 0 Å². The zero-order chi connectivity index (χ0) is 13.3. The van der Waals surface area contributed by atoms with Crippen LogP contribution in [0.2, 0.25) is 0 Å². The van der Waals surface area contributed by atoms with Crippen molar-refractivity contribution in [2.45, 2.75) is 33.6 Å². The number of rotatable bonds is 7. The number of nitrogens with zero attached hydrogens (tertiary/aromatic N) is 1. The maximum absolute atomic E-state index is 12.2. The minimum Gasteiger partial charge on any atom is -0.358 e. The number of hydrogen-bond acceptors (Lipinski definition) is 2. The van der Waals surface area contributed by atoms with Crippen molar-refractivity contribution in [3.63, 3.8) is 0 Å². The van der Waals surface area contributed by atoms with Gasteiger partial charge in [-0.3, -0.25) is 0 Å². The average Bonchev–Trinajstić information content (AvgIpc) is 2.29. The fourth-order valence-corrected chi connectivity index (χ4v) is 2.56. The smallest absolute Gasteiger partial charge is 0.244 e. The fraction of sp³-hybridized carbons (Fsp3) is 0.750. The molecule has 1 nitrogen and oxygen atoms in total. The first-order valence-electron chi connectivity index (χ1n) is 5.89. The molecule has 0 spiro atoms. The third-order valence-electron chi connectivity index (χ3n) is 2.37. The number of thiocarbonyl (C=S) groups is 1. The van der Waals surface area contributed by atoms with Crippen molar-refractivity contribution in [2.24, 2.45) is 5.92 Å². The van der Waals surface area contributed by atoms with Gasteiger partial charge < -0.3 is 4.90 Å². The molecule has 0 aromatic heterocycles. The van der Waals surface area contributed by atoms with Crippen molar-refractivity contribution < 1.29 is 8.78 Å². The lowest BCUT2D eigenvalue weighted by Crippen LogP contribution is -2.26. The van der Waals surface area contributed by atoms with E-state index < -0.39 is 12.3 Å². The fourth-order valence-electron chi connectivity index (χ4n) is 1.18. The summed E-state index contributed by atoms with van der Waals surface area (Å²) in [7, 11) is 0. The molecule has 0 aliphatic rings. The summed E-state index contributed by atoms with van der Waals surface area (Å²) in [6, 6.07) is 0. The maximum atomic E-state index is 12.2. The Morgan fingerprint density at radius 1 is 1.35 bits per heavy atom. The van der Waals surface area contributed by atoms with Crippen LogP contribution < -0.4 is 0 Å². The maximum Gasteiger partial charge on any atom is 0.244 e. The Morgan fingerprint density at radius 2 is 1.94 bits per heavy atom. The Balaban J connectivity index is 3.74. The Hall–Kier alpha value is -0.160. The molecule has 0 aliphatic heterocycles. The Bertz CT molecular complexity index is 241. The van der Waals surface area contributed by atoms with Crippen LogP contribution in [-0.4, -0.2) is 34.5 Å². The van der Waals surface area contributed by atoms with Gasteiger partial charge in [0.15, 0.2) is 0 Å². The molecule has 0 aromatic carbocycles. The van der Waals surface area contributed by atoms with E-state index in [1.165, 1.54) is 6.92 Å². The lowest BCUT2D eigenvalue weighted by atomic mass is 10.2. The molecule has 0 aliphatic carbocycles. The van der Waals surface area contributed by atoms with Gasteiger partial charge in [0.25, 0.3) is 0 Å². The van der Waals surface area contributed by atoms with Crippen LogP contribution in [0.1, 0.15) is 27.2 Å². The zero-order valence-corrected chi connectivity index (χ0v) is 12.3. The number of alkyl halides is 2. The Kier molecular flexibility index (Phi) is 9.74. The summed E-state index contributed by atoms with van der Waals surface area (Å²) in [5.74, 6) is 0.191. The van der Waals surface area contributed by atoms with E-state index >= 15 is 0 Å². The van der Waals surface area contributed by atoms with Crippen LogP contribution in [0.3, 0.4) is 0 Å². The molecule has 0 amide bonds. The molecule has 0 heterocycles. The second-order valence-electron chi connectivity index (χ2n) is 3.70. The largest absolute Gasteiger partial charge is 0.358 e. The zero-order valence-electron chi connectivity index (χ0n) is 10.7. The molecule has 0 radical (unpaired) electrons. The van der Waals surface area contributed by atoms with Gasteiger partial charge in [-0.25, -0.2) is 8.78 Å². The molecular weight excluding hydrogens is 260 g/mol. The second kappa shape index (κ2) is 9.83. The molecule has 100 valence electrons. The van der Waals surface area contributed by atoms with Crippen molar-refractivity contribution in [2.75, 3.05) is 18.8 Å². The highest BCUT2D eigenvalue weighted by atomic mass is 32.2. The molecule has 0 N–H and O–H groups in total. The highest BCUT2D eigenvalue weighted by Gasteiger charge is 2.09. The lowest BCUT2D eigenvalue weighted by Gasteiger charge is -2.20. The van der Waals surface area contributed by atoms with E-state index in [9.17, 15) is 8.78 Å². The van der Waals surface area contributed by atoms with E-state index in [0.717, 1.165) is 29.6 Å². The number of thioether (sulfide) groups is 1. The van der Waals surface area contributed by atoms with Crippen molar-refractivity contribution in [1.29, 1.82) is 0 Å². The first kappa shape index (κ1) is 16.8. The van der Waals surface area contributed by atoms with Gasteiger partial charge in [0.05, 0.1) is 0 Å². The molecule has 0 rings (SSSR count). The number of allylic oxidation sites excluding steroid dienone is 2. The molecule has 1 atom stereocenters. The summed E-state index contributed by atoms with van der Waals surface area (Å²) in [6.07, 6.45) is 1.90.